The number of hydrazine groups is 1. The average Bonchev–Trinajstić information content (AvgIpc) is 2.84. The molecule has 0 spiro atoms. The van der Waals surface area contributed by atoms with Gasteiger partial charge in [-0.25, -0.2) is 5.84 Å². The van der Waals surface area contributed by atoms with Crippen molar-refractivity contribution < 1.29 is 19.3 Å². The molecule has 0 saturated carbocycles. The lowest BCUT2D eigenvalue weighted by Crippen LogP contribution is -2.48. The Bertz CT molecular complexity index is 537. The van der Waals surface area contributed by atoms with Crippen LogP contribution >= 0.6 is 0 Å². The summed E-state index contributed by atoms with van der Waals surface area (Å²) >= 11 is 0. The van der Waals surface area contributed by atoms with E-state index in [1.165, 1.54) is 0 Å². The standard InChI is InChI=1S/C12H16BN3O4/c1-2-10(12(18)16-14)15-11(17)7-3-4-8-6-20-13(19)9(8)5-7/h3-5,10,19H,2,6,14H2,1H3,(H,15,17)(H,16,18)/t10-/m0/s1. The number of amides is 2. The second-order valence-corrected chi connectivity index (χ2v) is 4.52. The number of carbonyl (C=O) groups is 2. The normalized spacial score (nSPS) is 14.7. The van der Waals surface area contributed by atoms with Gasteiger partial charge in [0.05, 0.1) is 6.61 Å². The molecule has 0 bridgehead atoms. The van der Waals surface area contributed by atoms with Crippen LogP contribution in [0.3, 0.4) is 0 Å². The topological polar surface area (TPSA) is 114 Å². The Morgan fingerprint density at radius 2 is 2.30 bits per heavy atom. The lowest BCUT2D eigenvalue weighted by molar-refractivity contribution is -0.123. The van der Waals surface area contributed by atoms with E-state index in [1.54, 1.807) is 25.1 Å². The van der Waals surface area contributed by atoms with Gasteiger partial charge in [-0.2, -0.15) is 0 Å². The molecule has 106 valence electrons. The van der Waals surface area contributed by atoms with Gasteiger partial charge < -0.3 is 15.0 Å². The van der Waals surface area contributed by atoms with Gasteiger partial charge in [-0.3, -0.25) is 15.0 Å². The van der Waals surface area contributed by atoms with Crippen LogP contribution in [0.4, 0.5) is 0 Å². The number of benzene rings is 1. The second kappa shape index (κ2) is 6.04. The third kappa shape index (κ3) is 2.82. The first-order valence-corrected chi connectivity index (χ1v) is 6.30. The van der Waals surface area contributed by atoms with Crippen molar-refractivity contribution in [2.75, 3.05) is 0 Å². The van der Waals surface area contributed by atoms with Crippen LogP contribution < -0.4 is 22.0 Å². The molecule has 8 heteroatoms. The van der Waals surface area contributed by atoms with E-state index >= 15 is 0 Å². The van der Waals surface area contributed by atoms with Gasteiger partial charge in [0.25, 0.3) is 11.8 Å². The van der Waals surface area contributed by atoms with Crippen molar-refractivity contribution in [1.29, 1.82) is 0 Å². The molecule has 0 unspecified atom stereocenters. The minimum Gasteiger partial charge on any atom is -0.423 e. The maximum Gasteiger partial charge on any atom is 0.491 e. The Morgan fingerprint density at radius 1 is 1.55 bits per heavy atom. The molecule has 1 aliphatic rings. The zero-order valence-electron chi connectivity index (χ0n) is 11.1. The van der Waals surface area contributed by atoms with Crippen molar-refractivity contribution in [3.63, 3.8) is 0 Å². The van der Waals surface area contributed by atoms with E-state index in [4.69, 9.17) is 10.5 Å². The van der Waals surface area contributed by atoms with Gasteiger partial charge in [0.2, 0.25) is 0 Å². The molecule has 1 aliphatic heterocycles. The molecule has 0 saturated heterocycles. The van der Waals surface area contributed by atoms with Crippen LogP contribution in [0.25, 0.3) is 0 Å². The Balaban J connectivity index is 2.14. The molecule has 2 rings (SSSR count). The van der Waals surface area contributed by atoms with E-state index in [9.17, 15) is 14.6 Å². The molecule has 0 aliphatic carbocycles. The number of nitrogens with one attached hydrogen (secondary N) is 2. The number of nitrogens with two attached hydrogens (primary N) is 1. The Hall–Kier alpha value is -1.90. The van der Waals surface area contributed by atoms with Crippen LogP contribution in [-0.4, -0.2) is 30.0 Å². The molecule has 7 nitrogen and oxygen atoms in total. The summed E-state index contributed by atoms with van der Waals surface area (Å²) < 4.78 is 5.06. The molecule has 0 aromatic heterocycles. The van der Waals surface area contributed by atoms with E-state index in [1.807, 2.05) is 5.43 Å². The number of hydrogen-bond acceptors (Lipinski definition) is 5. The molecule has 5 N–H and O–H groups in total. The smallest absolute Gasteiger partial charge is 0.423 e. The van der Waals surface area contributed by atoms with Crippen molar-refractivity contribution >= 4 is 24.4 Å². The summed E-state index contributed by atoms with van der Waals surface area (Å²) in [5.41, 5.74) is 3.79. The lowest BCUT2D eigenvalue weighted by atomic mass is 9.79. The zero-order chi connectivity index (χ0) is 14.7. The van der Waals surface area contributed by atoms with E-state index in [0.29, 0.717) is 24.1 Å². The third-order valence-corrected chi connectivity index (χ3v) is 3.24. The molecule has 0 radical (unpaired) electrons. The highest BCUT2D eigenvalue weighted by Gasteiger charge is 2.28. The van der Waals surface area contributed by atoms with Gasteiger partial charge in [0.15, 0.2) is 0 Å². The minimum absolute atomic E-state index is 0.325. The first-order chi connectivity index (χ1) is 9.56. The van der Waals surface area contributed by atoms with Gasteiger partial charge in [-0.05, 0) is 29.6 Å². The van der Waals surface area contributed by atoms with Crippen LogP contribution in [-0.2, 0) is 16.1 Å². The monoisotopic (exact) mass is 277 g/mol. The van der Waals surface area contributed by atoms with Crippen LogP contribution in [0.5, 0.6) is 0 Å². The quantitative estimate of drug-likeness (QED) is 0.229. The predicted octanol–water partition coefficient (Wildman–Crippen LogP) is -1.60. The van der Waals surface area contributed by atoms with Gasteiger partial charge in [-0.15, -0.1) is 0 Å². The molecule has 1 aromatic rings. The fraction of sp³-hybridized carbons (Fsp3) is 0.333. The van der Waals surface area contributed by atoms with Gasteiger partial charge in [-0.1, -0.05) is 13.0 Å². The summed E-state index contributed by atoms with van der Waals surface area (Å²) in [6, 6.07) is 4.23. The predicted molar refractivity (Wildman–Crippen MR) is 72.7 cm³/mol. The first kappa shape index (κ1) is 14.5. The Labute approximate surface area is 116 Å². The largest absolute Gasteiger partial charge is 0.491 e. The summed E-state index contributed by atoms with van der Waals surface area (Å²) in [7, 11) is -1.01. The van der Waals surface area contributed by atoms with E-state index in [0.717, 1.165) is 5.56 Å². The molecule has 1 heterocycles. The maximum atomic E-state index is 12.1. The average molecular weight is 277 g/mol. The van der Waals surface area contributed by atoms with E-state index in [-0.39, 0.29) is 0 Å². The summed E-state index contributed by atoms with van der Waals surface area (Å²) in [6.07, 6.45) is 0.422. The molecular formula is C12H16BN3O4. The number of hydrogen-bond donors (Lipinski definition) is 4. The molecule has 0 fully saturated rings. The summed E-state index contributed by atoms with van der Waals surface area (Å²) in [5.74, 6) is 4.20. The maximum absolute atomic E-state index is 12.1. The molecule has 1 aromatic carbocycles. The van der Waals surface area contributed by atoms with E-state index < -0.39 is 25.0 Å². The van der Waals surface area contributed by atoms with Crippen LogP contribution in [0, 0.1) is 0 Å². The summed E-state index contributed by atoms with van der Waals surface area (Å²) in [4.78, 5) is 23.5. The highest BCUT2D eigenvalue weighted by atomic mass is 16.5. The van der Waals surface area contributed by atoms with Crippen LogP contribution in [0.1, 0.15) is 29.3 Å². The van der Waals surface area contributed by atoms with Gasteiger partial charge >= 0.3 is 7.12 Å². The molecule has 2 amide bonds. The van der Waals surface area contributed by atoms with Crippen molar-refractivity contribution in [3.05, 3.63) is 29.3 Å². The molecule has 20 heavy (non-hydrogen) atoms. The number of fused-ring (bicyclic) bond motifs is 1. The van der Waals surface area contributed by atoms with Crippen molar-refractivity contribution in [1.82, 2.24) is 10.7 Å². The van der Waals surface area contributed by atoms with Crippen molar-refractivity contribution in [3.8, 4) is 0 Å². The fourth-order valence-corrected chi connectivity index (χ4v) is 2.05. The fourth-order valence-electron chi connectivity index (χ4n) is 2.05. The lowest BCUT2D eigenvalue weighted by Gasteiger charge is -2.15. The first-order valence-electron chi connectivity index (χ1n) is 6.30. The van der Waals surface area contributed by atoms with Crippen molar-refractivity contribution in [2.45, 2.75) is 26.0 Å². The van der Waals surface area contributed by atoms with E-state index in [2.05, 4.69) is 5.32 Å². The minimum atomic E-state index is -1.01. The van der Waals surface area contributed by atoms with Crippen LogP contribution in [0.15, 0.2) is 18.2 Å². The molecular weight excluding hydrogens is 261 g/mol. The van der Waals surface area contributed by atoms with Crippen molar-refractivity contribution in [2.24, 2.45) is 5.84 Å². The SMILES string of the molecule is CC[C@H](NC(=O)c1ccc2c(c1)B(O)OC2)C(=O)NN. The van der Waals surface area contributed by atoms with Gasteiger partial charge in [0, 0.05) is 5.56 Å². The highest BCUT2D eigenvalue weighted by Crippen LogP contribution is 2.11. The van der Waals surface area contributed by atoms with Gasteiger partial charge in [0.1, 0.15) is 6.04 Å². The highest BCUT2D eigenvalue weighted by molar-refractivity contribution is 6.61. The second-order valence-electron chi connectivity index (χ2n) is 4.52. The third-order valence-electron chi connectivity index (χ3n) is 3.24. The summed E-state index contributed by atoms with van der Waals surface area (Å²) in [6.45, 7) is 2.09. The number of carbonyl (C=O) groups excluding carboxylic acids is 2. The molecule has 1 atom stereocenters. The Kier molecular flexibility index (Phi) is 4.38. The van der Waals surface area contributed by atoms with Crippen LogP contribution in [0.2, 0.25) is 0 Å². The number of rotatable bonds is 4. The Morgan fingerprint density at radius 3 is 2.95 bits per heavy atom. The summed E-state index contributed by atoms with van der Waals surface area (Å²) in [5, 5.41) is 12.2. The zero-order valence-corrected chi connectivity index (χ0v) is 11.1.